The molecule has 1 rings (SSSR count). The van der Waals surface area contributed by atoms with Crippen LogP contribution in [-0.4, -0.2) is 23.1 Å². The van der Waals surface area contributed by atoms with Crippen molar-refractivity contribution in [3.05, 3.63) is 42.3 Å². The molecule has 0 aliphatic rings. The molecule has 5 nitrogen and oxygen atoms in total. The lowest BCUT2D eigenvalue weighted by Crippen LogP contribution is -2.09. The van der Waals surface area contributed by atoms with E-state index in [-0.39, 0.29) is 5.91 Å². The predicted molar refractivity (Wildman–Crippen MR) is 74.0 cm³/mol. The van der Waals surface area contributed by atoms with E-state index >= 15 is 0 Å². The Morgan fingerprint density at radius 2 is 2.16 bits per heavy atom. The number of aromatic nitrogens is 1. The summed E-state index contributed by atoms with van der Waals surface area (Å²) in [5, 5.41) is 2.67. The van der Waals surface area contributed by atoms with Crippen molar-refractivity contribution < 1.29 is 14.3 Å². The van der Waals surface area contributed by atoms with E-state index < -0.39 is 5.97 Å². The highest BCUT2D eigenvalue weighted by molar-refractivity contribution is 6.00. The van der Waals surface area contributed by atoms with Crippen molar-refractivity contribution in [3.63, 3.8) is 0 Å². The molecule has 1 heterocycles. The van der Waals surface area contributed by atoms with Crippen LogP contribution in [0.15, 0.2) is 36.6 Å². The number of aryl methyl sites for hydroxylation is 1. The number of allylic oxidation sites excluding steroid dienone is 3. The number of amides is 1. The van der Waals surface area contributed by atoms with Gasteiger partial charge in [0.15, 0.2) is 0 Å². The number of rotatable bonds is 5. The summed E-state index contributed by atoms with van der Waals surface area (Å²) in [6.45, 7) is 3.93. The zero-order chi connectivity index (χ0) is 14.3. The van der Waals surface area contributed by atoms with E-state index in [0.29, 0.717) is 18.0 Å². The van der Waals surface area contributed by atoms with Crippen molar-refractivity contribution in [2.75, 3.05) is 11.9 Å². The normalized spacial score (nSPS) is 11.1. The molecule has 0 fully saturated rings. The molecule has 0 radical (unpaired) electrons. The van der Waals surface area contributed by atoms with Gasteiger partial charge in [0.2, 0.25) is 5.91 Å². The zero-order valence-electron chi connectivity index (χ0n) is 11.3. The Bertz CT molecular complexity index is 513. The summed E-state index contributed by atoms with van der Waals surface area (Å²) < 4.78 is 6.53. The van der Waals surface area contributed by atoms with Gasteiger partial charge in [-0.1, -0.05) is 18.2 Å². The van der Waals surface area contributed by atoms with E-state index in [1.54, 1.807) is 43.0 Å². The van der Waals surface area contributed by atoms with Gasteiger partial charge in [0.1, 0.15) is 5.69 Å². The van der Waals surface area contributed by atoms with E-state index in [2.05, 4.69) is 5.32 Å². The number of anilines is 1. The first-order valence-corrected chi connectivity index (χ1v) is 6.02. The summed E-state index contributed by atoms with van der Waals surface area (Å²) in [5.41, 5.74) is 0.954. The summed E-state index contributed by atoms with van der Waals surface area (Å²) in [7, 11) is 1.72. The molecule has 5 heteroatoms. The number of nitrogens with one attached hydrogen (secondary N) is 1. The number of nitrogens with zero attached hydrogens (tertiary/aromatic N) is 1. The molecule has 0 aliphatic carbocycles. The van der Waals surface area contributed by atoms with E-state index in [9.17, 15) is 9.59 Å². The van der Waals surface area contributed by atoms with E-state index in [0.717, 1.165) is 0 Å². The molecule has 0 atom stereocenters. The second-order valence-corrected chi connectivity index (χ2v) is 3.82. The van der Waals surface area contributed by atoms with Crippen LogP contribution in [0, 0.1) is 0 Å². The fraction of sp³-hybridized carbons (Fsp3) is 0.286. The molecular weight excluding hydrogens is 244 g/mol. The average Bonchev–Trinajstić information content (AvgIpc) is 2.71. The molecule has 0 saturated carbocycles. The first-order valence-electron chi connectivity index (χ1n) is 6.02. The van der Waals surface area contributed by atoms with Crippen LogP contribution in [0.2, 0.25) is 0 Å². The fourth-order valence-corrected chi connectivity index (χ4v) is 1.48. The summed E-state index contributed by atoms with van der Waals surface area (Å²) in [6, 6.07) is 1.58. The van der Waals surface area contributed by atoms with E-state index in [1.807, 2.05) is 13.0 Å². The number of esters is 1. The van der Waals surface area contributed by atoms with E-state index in [4.69, 9.17) is 4.74 Å². The fourth-order valence-electron chi connectivity index (χ4n) is 1.48. The molecule has 0 aromatic carbocycles. The SMILES string of the molecule is C/C=C/C=C/C(=O)Nc1cc(C(=O)OCC)n(C)c1. The van der Waals surface area contributed by atoms with Crippen LogP contribution < -0.4 is 5.32 Å². The molecule has 1 N–H and O–H groups in total. The van der Waals surface area contributed by atoms with Crippen LogP contribution in [0.1, 0.15) is 24.3 Å². The summed E-state index contributed by atoms with van der Waals surface area (Å²) in [6.07, 6.45) is 8.30. The van der Waals surface area contributed by atoms with Crippen molar-refractivity contribution in [1.82, 2.24) is 4.57 Å². The maximum Gasteiger partial charge on any atom is 0.355 e. The molecule has 0 unspecified atom stereocenters. The highest BCUT2D eigenvalue weighted by atomic mass is 16.5. The lowest BCUT2D eigenvalue weighted by atomic mass is 10.4. The van der Waals surface area contributed by atoms with Gasteiger partial charge in [-0.3, -0.25) is 4.79 Å². The van der Waals surface area contributed by atoms with Crippen molar-refractivity contribution >= 4 is 17.6 Å². The number of hydrogen-bond donors (Lipinski definition) is 1. The second-order valence-electron chi connectivity index (χ2n) is 3.82. The molecule has 1 amide bonds. The smallest absolute Gasteiger partial charge is 0.355 e. The minimum Gasteiger partial charge on any atom is -0.461 e. The van der Waals surface area contributed by atoms with Gasteiger partial charge in [-0.05, 0) is 19.9 Å². The molecule has 19 heavy (non-hydrogen) atoms. The van der Waals surface area contributed by atoms with Gasteiger partial charge in [0.25, 0.3) is 0 Å². The molecule has 1 aromatic heterocycles. The van der Waals surface area contributed by atoms with Gasteiger partial charge in [0.05, 0.1) is 12.3 Å². The third-order valence-corrected chi connectivity index (χ3v) is 2.31. The van der Waals surface area contributed by atoms with Crippen molar-refractivity contribution in [1.29, 1.82) is 0 Å². The van der Waals surface area contributed by atoms with E-state index in [1.165, 1.54) is 6.08 Å². The van der Waals surface area contributed by atoms with Crippen molar-refractivity contribution in [2.24, 2.45) is 7.05 Å². The van der Waals surface area contributed by atoms with Gasteiger partial charge in [0, 0.05) is 19.3 Å². The molecule has 0 bridgehead atoms. The lowest BCUT2D eigenvalue weighted by Gasteiger charge is -2.01. The molecule has 0 spiro atoms. The number of carbonyl (C=O) groups is 2. The van der Waals surface area contributed by atoms with Crippen LogP contribution in [0.4, 0.5) is 5.69 Å². The lowest BCUT2D eigenvalue weighted by molar-refractivity contribution is -0.111. The summed E-state index contributed by atoms with van der Waals surface area (Å²) >= 11 is 0. The maximum absolute atomic E-state index is 11.6. The average molecular weight is 262 g/mol. The Morgan fingerprint density at radius 3 is 2.79 bits per heavy atom. The largest absolute Gasteiger partial charge is 0.461 e. The Hall–Kier alpha value is -2.30. The predicted octanol–water partition coefficient (Wildman–Crippen LogP) is 2.27. The first kappa shape index (κ1) is 14.8. The van der Waals surface area contributed by atoms with Gasteiger partial charge >= 0.3 is 5.97 Å². The number of hydrogen-bond acceptors (Lipinski definition) is 3. The highest BCUT2D eigenvalue weighted by Crippen LogP contribution is 2.13. The van der Waals surface area contributed by atoms with Crippen LogP contribution in [0.25, 0.3) is 0 Å². The van der Waals surface area contributed by atoms with Crippen LogP contribution in [-0.2, 0) is 16.6 Å². The second kappa shape index (κ2) is 7.20. The molecule has 1 aromatic rings. The van der Waals surface area contributed by atoms with Crippen LogP contribution in [0.5, 0.6) is 0 Å². The number of carbonyl (C=O) groups excluding carboxylic acids is 2. The van der Waals surface area contributed by atoms with Crippen LogP contribution >= 0.6 is 0 Å². The Labute approximate surface area is 112 Å². The molecule has 102 valence electrons. The Kier molecular flexibility index (Phi) is 5.60. The molecular formula is C14H18N2O3. The van der Waals surface area contributed by atoms with Crippen molar-refractivity contribution in [2.45, 2.75) is 13.8 Å². The Morgan fingerprint density at radius 1 is 1.42 bits per heavy atom. The minimum atomic E-state index is -0.407. The maximum atomic E-state index is 11.6. The van der Waals surface area contributed by atoms with Crippen LogP contribution in [0.3, 0.4) is 0 Å². The first-order chi connectivity index (χ1) is 9.08. The highest BCUT2D eigenvalue weighted by Gasteiger charge is 2.13. The third-order valence-electron chi connectivity index (χ3n) is 2.31. The standard InChI is InChI=1S/C14H18N2O3/c1-4-6-7-8-13(17)15-11-9-12(16(3)10-11)14(18)19-5-2/h4,6-10H,5H2,1-3H3,(H,15,17)/b6-4+,8-7+. The summed E-state index contributed by atoms with van der Waals surface area (Å²) in [4.78, 5) is 23.1. The van der Waals surface area contributed by atoms with Gasteiger partial charge < -0.3 is 14.6 Å². The zero-order valence-corrected chi connectivity index (χ0v) is 11.3. The van der Waals surface area contributed by atoms with Gasteiger partial charge in [-0.2, -0.15) is 0 Å². The van der Waals surface area contributed by atoms with Gasteiger partial charge in [-0.15, -0.1) is 0 Å². The minimum absolute atomic E-state index is 0.251. The number of ether oxygens (including phenoxy) is 1. The summed E-state index contributed by atoms with van der Waals surface area (Å²) in [5.74, 6) is -0.658. The molecule has 0 saturated heterocycles. The monoisotopic (exact) mass is 262 g/mol. The molecule has 0 aliphatic heterocycles. The van der Waals surface area contributed by atoms with Gasteiger partial charge in [-0.25, -0.2) is 4.79 Å². The van der Waals surface area contributed by atoms with Crippen molar-refractivity contribution in [3.8, 4) is 0 Å². The topological polar surface area (TPSA) is 60.3 Å². The Balaban J connectivity index is 2.73. The quantitative estimate of drug-likeness (QED) is 0.503. The third kappa shape index (κ3) is 4.46.